The molecule has 0 bridgehead atoms. The lowest BCUT2D eigenvalue weighted by molar-refractivity contribution is 0.102. The van der Waals surface area contributed by atoms with Gasteiger partial charge in [0.1, 0.15) is 6.07 Å². The zero-order valence-electron chi connectivity index (χ0n) is 10.6. The van der Waals surface area contributed by atoms with Crippen LogP contribution >= 0.6 is 27.5 Å². The Morgan fingerprint density at radius 3 is 2.70 bits per heavy atom. The molecule has 1 N–H and O–H groups in total. The SMILES string of the molecule is Cc1ccc(Br)cc1C(=O)Nc1ccc(C#N)c(Cl)c1. The number of carbonyl (C=O) groups is 1. The molecule has 100 valence electrons. The summed E-state index contributed by atoms with van der Waals surface area (Å²) in [7, 11) is 0. The van der Waals surface area contributed by atoms with Crippen molar-refractivity contribution in [2.24, 2.45) is 0 Å². The van der Waals surface area contributed by atoms with Gasteiger partial charge in [0.15, 0.2) is 0 Å². The molecule has 3 nitrogen and oxygen atoms in total. The highest BCUT2D eigenvalue weighted by molar-refractivity contribution is 9.10. The third-order valence-electron chi connectivity index (χ3n) is 2.79. The predicted octanol–water partition coefficient (Wildman–Crippen LogP) is 4.53. The van der Waals surface area contributed by atoms with Crippen LogP contribution in [0.1, 0.15) is 21.5 Å². The van der Waals surface area contributed by atoms with E-state index in [1.807, 2.05) is 25.1 Å². The van der Waals surface area contributed by atoms with Crippen LogP contribution in [0.25, 0.3) is 0 Å². The van der Waals surface area contributed by atoms with Gasteiger partial charge in [0.05, 0.1) is 10.6 Å². The zero-order valence-corrected chi connectivity index (χ0v) is 12.9. The van der Waals surface area contributed by atoms with E-state index in [9.17, 15) is 4.79 Å². The van der Waals surface area contributed by atoms with Crippen molar-refractivity contribution in [1.82, 2.24) is 0 Å². The molecular weight excluding hydrogens is 340 g/mol. The maximum atomic E-state index is 12.2. The van der Waals surface area contributed by atoms with E-state index < -0.39 is 0 Å². The first-order valence-corrected chi connectivity index (χ1v) is 6.95. The van der Waals surface area contributed by atoms with E-state index in [4.69, 9.17) is 16.9 Å². The molecule has 2 aromatic carbocycles. The molecule has 20 heavy (non-hydrogen) atoms. The molecule has 0 aliphatic heterocycles. The minimum absolute atomic E-state index is 0.218. The molecule has 1 amide bonds. The summed E-state index contributed by atoms with van der Waals surface area (Å²) >= 11 is 9.28. The van der Waals surface area contributed by atoms with Crippen LogP contribution in [0.3, 0.4) is 0 Å². The summed E-state index contributed by atoms with van der Waals surface area (Å²) < 4.78 is 0.839. The highest BCUT2D eigenvalue weighted by atomic mass is 79.9. The lowest BCUT2D eigenvalue weighted by Crippen LogP contribution is -2.13. The quantitative estimate of drug-likeness (QED) is 0.865. The standard InChI is InChI=1S/C15H10BrClN2O/c1-9-2-4-11(16)6-13(9)15(20)19-12-5-3-10(8-18)14(17)7-12/h2-7H,1H3,(H,19,20). The summed E-state index contributed by atoms with van der Waals surface area (Å²) in [6, 6.07) is 12.3. The summed E-state index contributed by atoms with van der Waals surface area (Å²) in [4.78, 5) is 12.2. The smallest absolute Gasteiger partial charge is 0.255 e. The van der Waals surface area contributed by atoms with Crippen molar-refractivity contribution in [1.29, 1.82) is 5.26 Å². The van der Waals surface area contributed by atoms with E-state index >= 15 is 0 Å². The van der Waals surface area contributed by atoms with Gasteiger partial charge in [-0.1, -0.05) is 33.6 Å². The first-order chi connectivity index (χ1) is 9.51. The lowest BCUT2D eigenvalue weighted by atomic mass is 10.1. The fourth-order valence-corrected chi connectivity index (χ4v) is 2.30. The van der Waals surface area contributed by atoms with Crippen LogP contribution in [-0.2, 0) is 0 Å². The van der Waals surface area contributed by atoms with Gasteiger partial charge in [0.2, 0.25) is 0 Å². The van der Waals surface area contributed by atoms with E-state index in [0.29, 0.717) is 21.8 Å². The molecule has 0 heterocycles. The van der Waals surface area contributed by atoms with Crippen LogP contribution in [0, 0.1) is 18.3 Å². The third-order valence-corrected chi connectivity index (χ3v) is 3.60. The number of benzene rings is 2. The number of hydrogen-bond donors (Lipinski definition) is 1. The summed E-state index contributed by atoms with van der Waals surface area (Å²) in [5.74, 6) is -0.218. The largest absolute Gasteiger partial charge is 0.322 e. The average Bonchev–Trinajstić information content (AvgIpc) is 2.41. The number of nitriles is 1. The van der Waals surface area contributed by atoms with Gasteiger partial charge in [-0.15, -0.1) is 0 Å². The van der Waals surface area contributed by atoms with E-state index in [0.717, 1.165) is 10.0 Å². The van der Waals surface area contributed by atoms with Crippen molar-refractivity contribution in [3.8, 4) is 6.07 Å². The number of hydrogen-bond acceptors (Lipinski definition) is 2. The highest BCUT2D eigenvalue weighted by Gasteiger charge is 2.10. The fraction of sp³-hybridized carbons (Fsp3) is 0.0667. The molecule has 5 heteroatoms. The highest BCUT2D eigenvalue weighted by Crippen LogP contribution is 2.22. The number of amides is 1. The maximum absolute atomic E-state index is 12.2. The van der Waals surface area contributed by atoms with E-state index in [-0.39, 0.29) is 5.91 Å². The van der Waals surface area contributed by atoms with Crippen molar-refractivity contribution in [3.63, 3.8) is 0 Å². The van der Waals surface area contributed by atoms with Crippen LogP contribution in [0.4, 0.5) is 5.69 Å². The number of halogens is 2. The second-order valence-corrected chi connectivity index (χ2v) is 5.54. The molecule has 0 saturated carbocycles. The van der Waals surface area contributed by atoms with Gasteiger partial charge in [-0.3, -0.25) is 4.79 Å². The van der Waals surface area contributed by atoms with Crippen LogP contribution in [0.5, 0.6) is 0 Å². The Morgan fingerprint density at radius 1 is 1.30 bits per heavy atom. The summed E-state index contributed by atoms with van der Waals surface area (Å²) in [5, 5.41) is 11.9. The van der Waals surface area contributed by atoms with Gasteiger partial charge in [-0.25, -0.2) is 0 Å². The number of carbonyl (C=O) groups excluding carboxylic acids is 1. The topological polar surface area (TPSA) is 52.9 Å². The molecule has 2 rings (SSSR count). The predicted molar refractivity (Wildman–Crippen MR) is 83.0 cm³/mol. The van der Waals surface area contributed by atoms with Gasteiger partial charge < -0.3 is 5.32 Å². The molecule has 0 atom stereocenters. The van der Waals surface area contributed by atoms with Crippen molar-refractivity contribution >= 4 is 39.1 Å². The normalized spacial score (nSPS) is 9.90. The Bertz CT molecular complexity index is 722. The minimum Gasteiger partial charge on any atom is -0.322 e. The zero-order chi connectivity index (χ0) is 14.7. The average molecular weight is 350 g/mol. The molecule has 2 aromatic rings. The Kier molecular flexibility index (Phi) is 4.43. The van der Waals surface area contributed by atoms with Gasteiger partial charge in [-0.2, -0.15) is 5.26 Å². The fourth-order valence-electron chi connectivity index (χ4n) is 1.72. The molecule has 0 radical (unpaired) electrons. The van der Waals surface area contributed by atoms with E-state index in [1.165, 1.54) is 0 Å². The monoisotopic (exact) mass is 348 g/mol. The number of anilines is 1. The number of nitrogens with zero attached hydrogens (tertiary/aromatic N) is 1. The van der Waals surface area contributed by atoms with Gasteiger partial charge >= 0.3 is 0 Å². The number of nitrogens with one attached hydrogen (secondary N) is 1. The van der Waals surface area contributed by atoms with Crippen molar-refractivity contribution < 1.29 is 4.79 Å². The first kappa shape index (κ1) is 14.6. The molecule has 0 aliphatic carbocycles. The van der Waals surface area contributed by atoms with E-state index in [2.05, 4.69) is 21.2 Å². The summed E-state index contributed by atoms with van der Waals surface area (Å²) in [6.07, 6.45) is 0. The summed E-state index contributed by atoms with van der Waals surface area (Å²) in [6.45, 7) is 1.87. The minimum atomic E-state index is -0.218. The second kappa shape index (κ2) is 6.08. The van der Waals surface area contributed by atoms with Crippen LogP contribution in [0.15, 0.2) is 40.9 Å². The van der Waals surface area contributed by atoms with Gasteiger partial charge in [0.25, 0.3) is 5.91 Å². The van der Waals surface area contributed by atoms with Gasteiger partial charge in [0, 0.05) is 15.7 Å². The van der Waals surface area contributed by atoms with Crippen LogP contribution in [0.2, 0.25) is 5.02 Å². The lowest BCUT2D eigenvalue weighted by Gasteiger charge is -2.09. The third kappa shape index (κ3) is 3.19. The molecule has 0 unspecified atom stereocenters. The maximum Gasteiger partial charge on any atom is 0.255 e. The Hall–Kier alpha value is -1.83. The van der Waals surface area contributed by atoms with Crippen LogP contribution in [-0.4, -0.2) is 5.91 Å². The molecule has 0 saturated heterocycles. The molecule has 0 fully saturated rings. The molecule has 0 aromatic heterocycles. The van der Waals surface area contributed by atoms with Crippen molar-refractivity contribution in [2.75, 3.05) is 5.32 Å². The first-order valence-electron chi connectivity index (χ1n) is 5.78. The van der Waals surface area contributed by atoms with Gasteiger partial charge in [-0.05, 0) is 42.8 Å². The molecule has 0 spiro atoms. The molecular formula is C15H10BrClN2O. The van der Waals surface area contributed by atoms with Crippen molar-refractivity contribution in [3.05, 3.63) is 62.6 Å². The second-order valence-electron chi connectivity index (χ2n) is 4.22. The number of aryl methyl sites for hydroxylation is 1. The number of rotatable bonds is 2. The molecule has 0 aliphatic rings. The Morgan fingerprint density at radius 2 is 2.05 bits per heavy atom. The van der Waals surface area contributed by atoms with Crippen LogP contribution < -0.4 is 5.32 Å². The Balaban J connectivity index is 2.26. The van der Waals surface area contributed by atoms with E-state index in [1.54, 1.807) is 24.3 Å². The Labute approximate surface area is 130 Å². The summed E-state index contributed by atoms with van der Waals surface area (Å²) in [5.41, 5.74) is 2.40. The van der Waals surface area contributed by atoms with Crippen molar-refractivity contribution in [2.45, 2.75) is 6.92 Å².